The number of amides is 1. The molecule has 0 unspecified atom stereocenters. The molecule has 3 aromatic carbocycles. The number of morpholine rings is 1. The van der Waals surface area contributed by atoms with E-state index >= 15 is 0 Å². The smallest absolute Gasteiger partial charge is 0.254 e. The number of carbonyl (C=O) groups is 2. The summed E-state index contributed by atoms with van der Waals surface area (Å²) in [6.45, 7) is 2.03. The van der Waals surface area contributed by atoms with E-state index in [1.165, 1.54) is 41.2 Å². The zero-order valence-corrected chi connectivity index (χ0v) is 21.9. The summed E-state index contributed by atoms with van der Waals surface area (Å²) in [6.07, 6.45) is 1.30. The molecule has 0 bridgehead atoms. The van der Waals surface area contributed by atoms with Crippen LogP contribution in [0.5, 0.6) is 11.5 Å². The van der Waals surface area contributed by atoms with Crippen LogP contribution in [0, 0.1) is 23.0 Å². The number of anilines is 1. The van der Waals surface area contributed by atoms with Crippen LogP contribution in [0.25, 0.3) is 16.6 Å². The van der Waals surface area contributed by atoms with Gasteiger partial charge in [-0.3, -0.25) is 9.59 Å². The first-order valence-corrected chi connectivity index (χ1v) is 12.9. The van der Waals surface area contributed by atoms with E-state index < -0.39 is 17.4 Å². The van der Waals surface area contributed by atoms with Crippen molar-refractivity contribution in [2.75, 3.05) is 32.0 Å². The van der Waals surface area contributed by atoms with Crippen LogP contribution in [0.2, 0.25) is 0 Å². The molecule has 1 saturated heterocycles. The Hall–Kier alpha value is -5.54. The standard InChI is InChI=1S/C30H22F2N6O4/c31-22-2-1-3-26(27(22)32)42-20-5-7-25(19(13-20)15-33)38-29(34)21(16-35-38)28(39)24-14-18-12-17(4-6-23(18)36-24)30(40)37-8-10-41-11-9-37/h1-7,12-14,16,36H,8-11,34H2. The van der Waals surface area contributed by atoms with E-state index in [0.717, 1.165) is 6.07 Å². The number of nitrogen functional groups attached to an aromatic ring is 1. The third kappa shape index (κ3) is 4.82. The van der Waals surface area contributed by atoms with Crippen molar-refractivity contribution in [3.05, 3.63) is 101 Å². The Kier molecular flexibility index (Phi) is 6.85. The maximum Gasteiger partial charge on any atom is 0.254 e. The molecule has 5 aromatic rings. The largest absolute Gasteiger partial charge is 0.454 e. The highest BCUT2D eigenvalue weighted by Gasteiger charge is 2.23. The Morgan fingerprint density at radius 2 is 1.88 bits per heavy atom. The number of aromatic nitrogens is 3. The van der Waals surface area contributed by atoms with Crippen molar-refractivity contribution in [1.29, 1.82) is 5.26 Å². The van der Waals surface area contributed by atoms with Crippen molar-refractivity contribution in [3.8, 4) is 23.3 Å². The van der Waals surface area contributed by atoms with Gasteiger partial charge in [0.05, 0.1) is 41.9 Å². The number of nitrogens with one attached hydrogen (secondary N) is 1. The lowest BCUT2D eigenvalue weighted by atomic mass is 10.1. The fourth-order valence-electron chi connectivity index (χ4n) is 4.75. The van der Waals surface area contributed by atoms with Crippen molar-refractivity contribution in [2.45, 2.75) is 0 Å². The first-order valence-electron chi connectivity index (χ1n) is 12.9. The summed E-state index contributed by atoms with van der Waals surface area (Å²) >= 11 is 0. The number of ketones is 1. The number of nitrogens with two attached hydrogens (primary N) is 1. The van der Waals surface area contributed by atoms with Crippen LogP contribution in [-0.4, -0.2) is 57.7 Å². The Morgan fingerprint density at radius 3 is 2.67 bits per heavy atom. The van der Waals surface area contributed by atoms with Gasteiger partial charge >= 0.3 is 0 Å². The fourth-order valence-corrected chi connectivity index (χ4v) is 4.75. The number of H-pyrrole nitrogens is 1. The number of carbonyl (C=O) groups excluding carboxylic acids is 2. The Bertz CT molecular complexity index is 1900. The lowest BCUT2D eigenvalue weighted by Crippen LogP contribution is -2.40. The van der Waals surface area contributed by atoms with Crippen molar-refractivity contribution in [1.82, 2.24) is 19.7 Å². The van der Waals surface area contributed by atoms with E-state index in [4.69, 9.17) is 15.2 Å². The maximum absolute atomic E-state index is 14.0. The molecule has 3 heterocycles. The number of hydrogen-bond acceptors (Lipinski definition) is 7. The molecular formula is C30H22F2N6O4. The molecule has 1 aliphatic rings. The SMILES string of the molecule is N#Cc1cc(Oc2cccc(F)c2F)ccc1-n1ncc(C(=O)c2cc3cc(C(=O)N4CCOCC4)ccc3[nH]2)c1N. The van der Waals surface area contributed by atoms with E-state index in [0.29, 0.717) is 42.8 Å². The van der Waals surface area contributed by atoms with Gasteiger partial charge in [0, 0.05) is 35.6 Å². The monoisotopic (exact) mass is 568 g/mol. The van der Waals surface area contributed by atoms with Gasteiger partial charge in [-0.05, 0) is 48.5 Å². The van der Waals surface area contributed by atoms with Crippen LogP contribution >= 0.6 is 0 Å². The second-order valence-electron chi connectivity index (χ2n) is 9.52. The van der Waals surface area contributed by atoms with E-state index in [-0.39, 0.29) is 45.7 Å². The predicted octanol–water partition coefficient (Wildman–Crippen LogP) is 4.58. The number of benzene rings is 3. The maximum atomic E-state index is 14.0. The van der Waals surface area contributed by atoms with Crippen molar-refractivity contribution in [3.63, 3.8) is 0 Å². The number of ether oxygens (including phenoxy) is 2. The quantitative estimate of drug-likeness (QED) is 0.286. The van der Waals surface area contributed by atoms with Gasteiger partial charge in [-0.25, -0.2) is 9.07 Å². The predicted molar refractivity (Wildman–Crippen MR) is 148 cm³/mol. The molecule has 0 aliphatic carbocycles. The Morgan fingerprint density at radius 1 is 1.07 bits per heavy atom. The highest BCUT2D eigenvalue weighted by atomic mass is 19.2. The Labute approximate surface area is 237 Å². The molecule has 3 N–H and O–H groups in total. The van der Waals surface area contributed by atoms with E-state index in [2.05, 4.69) is 10.1 Å². The molecule has 42 heavy (non-hydrogen) atoms. The van der Waals surface area contributed by atoms with E-state index in [1.807, 2.05) is 6.07 Å². The summed E-state index contributed by atoms with van der Waals surface area (Å²) in [5, 5.41) is 14.7. The molecule has 1 amide bonds. The molecule has 0 saturated carbocycles. The average molecular weight is 569 g/mol. The molecule has 0 atom stereocenters. The summed E-state index contributed by atoms with van der Waals surface area (Å²) < 4.78 is 39.6. The summed E-state index contributed by atoms with van der Waals surface area (Å²) in [4.78, 5) is 31.1. The molecule has 1 fully saturated rings. The minimum absolute atomic E-state index is 0.0109. The van der Waals surface area contributed by atoms with E-state index in [1.54, 1.807) is 29.2 Å². The van der Waals surface area contributed by atoms with Crippen LogP contribution in [0.1, 0.15) is 32.0 Å². The summed E-state index contributed by atoms with van der Waals surface area (Å²) in [7, 11) is 0. The number of hydrogen-bond donors (Lipinski definition) is 2. The number of nitriles is 1. The summed E-state index contributed by atoms with van der Waals surface area (Å²) in [6, 6.07) is 16.6. The number of rotatable bonds is 6. The number of nitrogens with zero attached hydrogens (tertiary/aromatic N) is 4. The van der Waals surface area contributed by atoms with Gasteiger partial charge in [0.15, 0.2) is 11.6 Å². The molecule has 0 spiro atoms. The average Bonchev–Trinajstić information content (AvgIpc) is 3.62. The van der Waals surface area contributed by atoms with Crippen LogP contribution in [0.3, 0.4) is 0 Å². The van der Waals surface area contributed by atoms with Crippen LogP contribution < -0.4 is 10.5 Å². The first kappa shape index (κ1) is 26.7. The molecule has 1 aliphatic heterocycles. The fraction of sp³-hybridized carbons (Fsp3) is 0.133. The normalized spacial score (nSPS) is 13.2. The van der Waals surface area contributed by atoms with Crippen LogP contribution in [0.15, 0.2) is 66.9 Å². The van der Waals surface area contributed by atoms with Gasteiger partial charge in [0.1, 0.15) is 17.6 Å². The van der Waals surface area contributed by atoms with Gasteiger partial charge in [-0.2, -0.15) is 14.8 Å². The molecule has 0 radical (unpaired) electrons. The van der Waals surface area contributed by atoms with Gasteiger partial charge in [0.2, 0.25) is 11.6 Å². The number of fused-ring (bicyclic) bond motifs is 1. The zero-order valence-electron chi connectivity index (χ0n) is 21.9. The minimum Gasteiger partial charge on any atom is -0.454 e. The van der Waals surface area contributed by atoms with Crippen molar-refractivity contribution < 1.29 is 27.8 Å². The molecule has 210 valence electrons. The summed E-state index contributed by atoms with van der Waals surface area (Å²) in [5.41, 5.74) is 8.14. The first-order chi connectivity index (χ1) is 20.3. The lowest BCUT2D eigenvalue weighted by molar-refractivity contribution is 0.0303. The molecule has 6 rings (SSSR count). The van der Waals surface area contributed by atoms with Crippen molar-refractivity contribution in [2.24, 2.45) is 0 Å². The van der Waals surface area contributed by atoms with Gasteiger partial charge in [0.25, 0.3) is 5.91 Å². The van der Waals surface area contributed by atoms with Gasteiger partial charge in [-0.15, -0.1) is 0 Å². The van der Waals surface area contributed by atoms with Crippen molar-refractivity contribution >= 4 is 28.4 Å². The highest BCUT2D eigenvalue weighted by Crippen LogP contribution is 2.30. The van der Waals surface area contributed by atoms with E-state index in [9.17, 15) is 23.6 Å². The van der Waals surface area contributed by atoms with Crippen LogP contribution in [0.4, 0.5) is 14.6 Å². The number of aromatic amines is 1. The molecule has 2 aromatic heterocycles. The molecular weight excluding hydrogens is 546 g/mol. The number of halogens is 2. The molecule has 10 nitrogen and oxygen atoms in total. The minimum atomic E-state index is -1.16. The third-order valence-corrected chi connectivity index (χ3v) is 6.92. The zero-order chi connectivity index (χ0) is 29.4. The summed E-state index contributed by atoms with van der Waals surface area (Å²) in [5.74, 6) is -3.02. The van der Waals surface area contributed by atoms with Gasteiger partial charge in [-0.1, -0.05) is 6.07 Å². The second-order valence-corrected chi connectivity index (χ2v) is 9.52. The topological polar surface area (TPSA) is 139 Å². The lowest BCUT2D eigenvalue weighted by Gasteiger charge is -2.26. The van der Waals surface area contributed by atoms with Gasteiger partial charge < -0.3 is 25.1 Å². The molecule has 12 heteroatoms. The second kappa shape index (κ2) is 10.8. The van der Waals surface area contributed by atoms with Crippen LogP contribution in [-0.2, 0) is 4.74 Å². The Balaban J connectivity index is 1.26. The third-order valence-electron chi connectivity index (χ3n) is 6.92. The highest BCUT2D eigenvalue weighted by molar-refractivity contribution is 6.13.